The summed E-state index contributed by atoms with van der Waals surface area (Å²) in [4.78, 5) is 15.3. The Morgan fingerprint density at radius 2 is 2.38 bits per heavy atom. The molecule has 0 aliphatic carbocycles. The van der Waals surface area contributed by atoms with Crippen LogP contribution in [0.4, 0.5) is 0 Å². The average Bonchev–Trinajstić information content (AvgIpc) is 2.68. The molecular formula is C12H13ClN2O. The standard InChI is InChI=1S/C12H13ClN2O/c1-3-8(2)11-10(7-16)14-12-9(13)5-4-6-15(11)12/h4-8H,3H2,1-2H3. The van der Waals surface area contributed by atoms with E-state index in [1.54, 1.807) is 6.07 Å². The van der Waals surface area contributed by atoms with Crippen LogP contribution in [0, 0.1) is 0 Å². The van der Waals surface area contributed by atoms with Crippen LogP contribution in [0.25, 0.3) is 5.65 Å². The van der Waals surface area contributed by atoms with E-state index in [0.29, 0.717) is 16.4 Å². The summed E-state index contributed by atoms with van der Waals surface area (Å²) >= 11 is 6.05. The van der Waals surface area contributed by atoms with Crippen LogP contribution in [0.1, 0.15) is 42.4 Å². The summed E-state index contributed by atoms with van der Waals surface area (Å²) in [5.41, 5.74) is 2.08. The van der Waals surface area contributed by atoms with E-state index in [0.717, 1.165) is 18.4 Å². The third-order valence-electron chi connectivity index (χ3n) is 2.86. The molecule has 0 spiro atoms. The Morgan fingerprint density at radius 1 is 1.62 bits per heavy atom. The van der Waals surface area contributed by atoms with Gasteiger partial charge in [0.05, 0.1) is 10.7 Å². The van der Waals surface area contributed by atoms with Gasteiger partial charge in [-0.25, -0.2) is 4.98 Å². The smallest absolute Gasteiger partial charge is 0.170 e. The van der Waals surface area contributed by atoms with Crippen molar-refractivity contribution in [2.45, 2.75) is 26.2 Å². The predicted molar refractivity (Wildman–Crippen MR) is 64.3 cm³/mol. The molecule has 0 aromatic carbocycles. The highest BCUT2D eigenvalue weighted by atomic mass is 35.5. The molecule has 0 saturated heterocycles. The van der Waals surface area contributed by atoms with E-state index in [1.165, 1.54) is 0 Å². The molecule has 1 atom stereocenters. The fraction of sp³-hybridized carbons (Fsp3) is 0.333. The molecule has 2 aromatic rings. The van der Waals surface area contributed by atoms with Crippen LogP contribution in [0.15, 0.2) is 18.3 Å². The second-order valence-electron chi connectivity index (χ2n) is 3.86. The van der Waals surface area contributed by atoms with Gasteiger partial charge < -0.3 is 4.40 Å². The number of pyridine rings is 1. The van der Waals surface area contributed by atoms with Gasteiger partial charge >= 0.3 is 0 Å². The van der Waals surface area contributed by atoms with Crippen molar-refractivity contribution >= 4 is 23.5 Å². The Kier molecular flexibility index (Phi) is 2.97. The highest BCUT2D eigenvalue weighted by molar-refractivity contribution is 6.33. The fourth-order valence-electron chi connectivity index (χ4n) is 1.84. The van der Waals surface area contributed by atoms with E-state index >= 15 is 0 Å². The highest BCUT2D eigenvalue weighted by Gasteiger charge is 2.17. The molecule has 0 fully saturated rings. The van der Waals surface area contributed by atoms with E-state index in [9.17, 15) is 4.79 Å². The molecule has 3 nitrogen and oxygen atoms in total. The fourth-order valence-corrected chi connectivity index (χ4v) is 2.05. The van der Waals surface area contributed by atoms with Crippen LogP contribution < -0.4 is 0 Å². The molecule has 0 N–H and O–H groups in total. The van der Waals surface area contributed by atoms with Gasteiger partial charge in [-0.15, -0.1) is 0 Å². The van der Waals surface area contributed by atoms with Crippen LogP contribution in [-0.2, 0) is 0 Å². The van der Waals surface area contributed by atoms with Crippen LogP contribution in [0.3, 0.4) is 0 Å². The Hall–Kier alpha value is -1.35. The lowest BCUT2D eigenvalue weighted by Gasteiger charge is -2.09. The van der Waals surface area contributed by atoms with Crippen molar-refractivity contribution in [3.63, 3.8) is 0 Å². The Bertz CT molecular complexity index is 533. The van der Waals surface area contributed by atoms with E-state index in [4.69, 9.17) is 11.6 Å². The normalized spacial score (nSPS) is 12.9. The molecule has 4 heteroatoms. The van der Waals surface area contributed by atoms with Crippen molar-refractivity contribution in [1.82, 2.24) is 9.38 Å². The van der Waals surface area contributed by atoms with E-state index in [1.807, 2.05) is 16.7 Å². The number of hydrogen-bond acceptors (Lipinski definition) is 2. The lowest BCUT2D eigenvalue weighted by molar-refractivity contribution is 0.111. The number of aldehydes is 1. The van der Waals surface area contributed by atoms with E-state index in [-0.39, 0.29) is 5.92 Å². The number of carbonyl (C=O) groups is 1. The second kappa shape index (κ2) is 4.26. The van der Waals surface area contributed by atoms with Gasteiger partial charge in [-0.05, 0) is 24.5 Å². The number of carbonyl (C=O) groups excluding carboxylic acids is 1. The van der Waals surface area contributed by atoms with Crippen LogP contribution in [0.5, 0.6) is 0 Å². The maximum atomic E-state index is 11.0. The largest absolute Gasteiger partial charge is 0.302 e. The summed E-state index contributed by atoms with van der Waals surface area (Å²) < 4.78 is 1.90. The van der Waals surface area contributed by atoms with Crippen molar-refractivity contribution in [2.75, 3.05) is 0 Å². The summed E-state index contributed by atoms with van der Waals surface area (Å²) in [6.07, 6.45) is 3.65. The molecule has 0 aliphatic heterocycles. The van der Waals surface area contributed by atoms with Crippen molar-refractivity contribution in [3.05, 3.63) is 34.7 Å². The van der Waals surface area contributed by atoms with Gasteiger partial charge in [0.2, 0.25) is 0 Å². The summed E-state index contributed by atoms with van der Waals surface area (Å²) in [5.74, 6) is 0.286. The highest BCUT2D eigenvalue weighted by Crippen LogP contribution is 2.26. The Balaban J connectivity index is 2.78. The SMILES string of the molecule is CCC(C)c1c(C=O)nc2c(Cl)cccn12. The van der Waals surface area contributed by atoms with Crippen LogP contribution >= 0.6 is 11.6 Å². The number of imidazole rings is 1. The van der Waals surface area contributed by atoms with Gasteiger partial charge in [0.1, 0.15) is 5.69 Å². The number of nitrogens with zero attached hydrogens (tertiary/aromatic N) is 2. The van der Waals surface area contributed by atoms with Crippen LogP contribution in [-0.4, -0.2) is 15.7 Å². The summed E-state index contributed by atoms with van der Waals surface area (Å²) in [6, 6.07) is 3.64. The lowest BCUT2D eigenvalue weighted by atomic mass is 10.0. The Labute approximate surface area is 99.1 Å². The molecule has 1 unspecified atom stereocenters. The molecule has 84 valence electrons. The maximum absolute atomic E-state index is 11.0. The molecule has 0 saturated carbocycles. The van der Waals surface area contributed by atoms with Crippen molar-refractivity contribution in [2.24, 2.45) is 0 Å². The zero-order chi connectivity index (χ0) is 11.7. The zero-order valence-corrected chi connectivity index (χ0v) is 10.0. The second-order valence-corrected chi connectivity index (χ2v) is 4.27. The molecule has 0 amide bonds. The van der Waals surface area contributed by atoms with E-state index < -0.39 is 0 Å². The van der Waals surface area contributed by atoms with E-state index in [2.05, 4.69) is 18.8 Å². The topological polar surface area (TPSA) is 34.4 Å². The summed E-state index contributed by atoms with van der Waals surface area (Å²) in [6.45, 7) is 4.17. The number of rotatable bonds is 3. The molecule has 2 rings (SSSR count). The first-order valence-corrected chi connectivity index (χ1v) is 5.68. The van der Waals surface area contributed by atoms with Gasteiger partial charge in [0.25, 0.3) is 0 Å². The third-order valence-corrected chi connectivity index (χ3v) is 3.15. The average molecular weight is 237 g/mol. The predicted octanol–water partition coefficient (Wildman–Crippen LogP) is 3.31. The number of fused-ring (bicyclic) bond motifs is 1. The number of aromatic nitrogens is 2. The monoisotopic (exact) mass is 236 g/mol. The summed E-state index contributed by atoms with van der Waals surface area (Å²) in [5, 5.41) is 0.570. The van der Waals surface area contributed by atoms with Crippen LogP contribution in [0.2, 0.25) is 5.02 Å². The third kappa shape index (κ3) is 1.61. The first-order chi connectivity index (χ1) is 7.69. The van der Waals surface area contributed by atoms with Crippen molar-refractivity contribution in [1.29, 1.82) is 0 Å². The minimum Gasteiger partial charge on any atom is -0.302 e. The van der Waals surface area contributed by atoms with Gasteiger partial charge in [-0.2, -0.15) is 0 Å². The maximum Gasteiger partial charge on any atom is 0.170 e. The van der Waals surface area contributed by atoms with Gasteiger partial charge in [0, 0.05) is 6.20 Å². The molecule has 0 aliphatic rings. The van der Waals surface area contributed by atoms with Gasteiger partial charge in [0.15, 0.2) is 11.9 Å². The molecular weight excluding hydrogens is 224 g/mol. The molecule has 0 radical (unpaired) electrons. The van der Waals surface area contributed by atoms with Gasteiger partial charge in [-0.3, -0.25) is 4.79 Å². The summed E-state index contributed by atoms with van der Waals surface area (Å²) in [7, 11) is 0. The number of halogens is 1. The van der Waals surface area contributed by atoms with Crippen molar-refractivity contribution < 1.29 is 4.79 Å². The molecule has 0 bridgehead atoms. The number of hydrogen-bond donors (Lipinski definition) is 0. The first kappa shape index (κ1) is 11.1. The first-order valence-electron chi connectivity index (χ1n) is 5.30. The van der Waals surface area contributed by atoms with Crippen molar-refractivity contribution in [3.8, 4) is 0 Å². The lowest BCUT2D eigenvalue weighted by Crippen LogP contribution is -2.00. The zero-order valence-electron chi connectivity index (χ0n) is 9.27. The molecule has 16 heavy (non-hydrogen) atoms. The van der Waals surface area contributed by atoms with Gasteiger partial charge in [-0.1, -0.05) is 25.4 Å². The quantitative estimate of drug-likeness (QED) is 0.767. The Morgan fingerprint density at radius 3 is 3.00 bits per heavy atom. The minimum absolute atomic E-state index is 0.286. The molecule has 2 heterocycles. The molecule has 2 aromatic heterocycles. The minimum atomic E-state index is 0.286.